The van der Waals surface area contributed by atoms with Crippen LogP contribution in [0.15, 0.2) is 24.3 Å². The van der Waals surface area contributed by atoms with Gasteiger partial charge in [0, 0.05) is 25.1 Å². The van der Waals surface area contributed by atoms with Gasteiger partial charge in [-0.25, -0.2) is 4.79 Å². The second kappa shape index (κ2) is 5.66. The van der Waals surface area contributed by atoms with Gasteiger partial charge in [0.1, 0.15) is 12.1 Å². The molecule has 0 spiro atoms. The maximum atomic E-state index is 12.6. The number of hydrogen-bond donors (Lipinski definition) is 2. The molecule has 122 valence electrons. The molecule has 2 N–H and O–H groups in total. The standard InChI is InChI=1S/C16H18N2O5/c1-9(14(20)18-8-11(19)6-13(18)16(22)23)17-7-10-4-2-3-5-12(10)15(17)21/h2-5,9,11,13,19H,6-8H2,1H3,(H,22,23)/t9?,11-,13+/m1/s1. The first-order chi connectivity index (χ1) is 10.9. The number of carbonyl (C=O) groups is 3. The second-order valence-electron chi connectivity index (χ2n) is 6.00. The lowest BCUT2D eigenvalue weighted by molar-refractivity contribution is -0.149. The number of rotatable bonds is 3. The van der Waals surface area contributed by atoms with E-state index in [2.05, 4.69) is 0 Å². The van der Waals surface area contributed by atoms with E-state index in [4.69, 9.17) is 0 Å². The molecule has 7 nitrogen and oxygen atoms in total. The van der Waals surface area contributed by atoms with E-state index in [1.54, 1.807) is 19.1 Å². The molecule has 2 amide bonds. The molecule has 1 saturated heterocycles. The zero-order valence-electron chi connectivity index (χ0n) is 12.7. The highest BCUT2D eigenvalue weighted by atomic mass is 16.4. The molecule has 1 aromatic carbocycles. The molecule has 7 heteroatoms. The van der Waals surface area contributed by atoms with Crippen LogP contribution < -0.4 is 0 Å². The molecular formula is C16H18N2O5. The SMILES string of the molecule is CC(C(=O)N1C[C@H](O)C[C@H]1C(=O)O)N1Cc2ccccc2C1=O. The molecule has 2 aliphatic rings. The Bertz CT molecular complexity index is 674. The minimum Gasteiger partial charge on any atom is -0.480 e. The summed E-state index contributed by atoms with van der Waals surface area (Å²) in [5.41, 5.74) is 1.43. The average Bonchev–Trinajstić information content (AvgIpc) is 3.07. The Morgan fingerprint density at radius 3 is 2.65 bits per heavy atom. The van der Waals surface area contributed by atoms with Crippen LogP contribution in [0.2, 0.25) is 0 Å². The third kappa shape index (κ3) is 2.57. The highest BCUT2D eigenvalue weighted by Gasteiger charge is 2.43. The van der Waals surface area contributed by atoms with Gasteiger partial charge in [-0.1, -0.05) is 18.2 Å². The highest BCUT2D eigenvalue weighted by Crippen LogP contribution is 2.27. The van der Waals surface area contributed by atoms with E-state index in [1.165, 1.54) is 4.90 Å². The highest BCUT2D eigenvalue weighted by molar-refractivity contribution is 6.01. The van der Waals surface area contributed by atoms with Crippen molar-refractivity contribution in [2.24, 2.45) is 0 Å². The molecule has 0 bridgehead atoms. The summed E-state index contributed by atoms with van der Waals surface area (Å²) in [5.74, 6) is -1.82. The first kappa shape index (κ1) is 15.5. The Hall–Kier alpha value is -2.41. The number of hydrogen-bond acceptors (Lipinski definition) is 4. The third-order valence-corrected chi connectivity index (χ3v) is 4.52. The van der Waals surface area contributed by atoms with Gasteiger partial charge in [-0.3, -0.25) is 9.59 Å². The number of likely N-dealkylation sites (tertiary alicyclic amines) is 1. The molecule has 0 aromatic heterocycles. The summed E-state index contributed by atoms with van der Waals surface area (Å²) in [6.45, 7) is 1.90. The molecule has 0 saturated carbocycles. The number of benzene rings is 1. The number of fused-ring (bicyclic) bond motifs is 1. The number of β-amino-alcohol motifs (C(OH)–C–C–N with tert-alkyl or cyclic N) is 1. The molecule has 2 aliphatic heterocycles. The van der Waals surface area contributed by atoms with Crippen molar-refractivity contribution in [3.8, 4) is 0 Å². The van der Waals surface area contributed by atoms with Gasteiger partial charge in [0.25, 0.3) is 5.91 Å². The van der Waals surface area contributed by atoms with Gasteiger partial charge >= 0.3 is 5.97 Å². The van der Waals surface area contributed by atoms with Crippen LogP contribution in [-0.4, -0.2) is 62.5 Å². The number of aliphatic carboxylic acids is 1. The maximum absolute atomic E-state index is 12.6. The van der Waals surface area contributed by atoms with Gasteiger partial charge in [-0.2, -0.15) is 0 Å². The fourth-order valence-electron chi connectivity index (χ4n) is 3.25. The molecule has 3 atom stereocenters. The number of carboxylic acid groups (broad SMARTS) is 1. The number of nitrogens with zero attached hydrogens (tertiary/aromatic N) is 2. The van der Waals surface area contributed by atoms with E-state index in [1.807, 2.05) is 12.1 Å². The quantitative estimate of drug-likeness (QED) is 0.822. The summed E-state index contributed by atoms with van der Waals surface area (Å²) in [6, 6.07) is 5.34. The van der Waals surface area contributed by atoms with Crippen LogP contribution >= 0.6 is 0 Å². The Labute approximate surface area is 133 Å². The summed E-state index contributed by atoms with van der Waals surface area (Å²) in [5, 5.41) is 18.9. The molecule has 3 rings (SSSR count). The van der Waals surface area contributed by atoms with E-state index < -0.39 is 30.1 Å². The number of amides is 2. The first-order valence-corrected chi connectivity index (χ1v) is 7.50. The summed E-state index contributed by atoms with van der Waals surface area (Å²) < 4.78 is 0. The normalized spacial score (nSPS) is 24.7. The molecule has 2 heterocycles. The predicted octanol–water partition coefficient (Wildman–Crippen LogP) is 0.0773. The molecular weight excluding hydrogens is 300 g/mol. The van der Waals surface area contributed by atoms with E-state index in [0.717, 1.165) is 10.5 Å². The van der Waals surface area contributed by atoms with Crippen LogP contribution in [0.4, 0.5) is 0 Å². The Morgan fingerprint density at radius 2 is 2.00 bits per heavy atom. The number of carbonyl (C=O) groups excluding carboxylic acids is 2. The Kier molecular flexibility index (Phi) is 3.81. The molecule has 1 unspecified atom stereocenters. The maximum Gasteiger partial charge on any atom is 0.326 e. The van der Waals surface area contributed by atoms with Crippen molar-refractivity contribution in [3.05, 3.63) is 35.4 Å². The van der Waals surface area contributed by atoms with E-state index in [9.17, 15) is 24.6 Å². The summed E-state index contributed by atoms with van der Waals surface area (Å²) in [4.78, 5) is 38.9. The van der Waals surface area contributed by atoms with E-state index in [-0.39, 0.29) is 18.9 Å². The second-order valence-corrected chi connectivity index (χ2v) is 6.00. The van der Waals surface area contributed by atoms with Gasteiger partial charge < -0.3 is 20.0 Å². The topological polar surface area (TPSA) is 98.2 Å². The zero-order chi connectivity index (χ0) is 16.7. The van der Waals surface area contributed by atoms with Gasteiger partial charge in [-0.15, -0.1) is 0 Å². The zero-order valence-corrected chi connectivity index (χ0v) is 12.7. The smallest absolute Gasteiger partial charge is 0.326 e. The fraction of sp³-hybridized carbons (Fsp3) is 0.438. The fourth-order valence-corrected chi connectivity index (χ4v) is 3.25. The predicted molar refractivity (Wildman–Crippen MR) is 79.5 cm³/mol. The lowest BCUT2D eigenvalue weighted by Gasteiger charge is -2.29. The van der Waals surface area contributed by atoms with Crippen molar-refractivity contribution in [1.82, 2.24) is 9.80 Å². The van der Waals surface area contributed by atoms with Crippen molar-refractivity contribution < 1.29 is 24.6 Å². The van der Waals surface area contributed by atoms with Gasteiger partial charge in [0.15, 0.2) is 0 Å². The van der Waals surface area contributed by atoms with Crippen LogP contribution in [-0.2, 0) is 16.1 Å². The largest absolute Gasteiger partial charge is 0.480 e. The van der Waals surface area contributed by atoms with Crippen molar-refractivity contribution in [2.75, 3.05) is 6.54 Å². The van der Waals surface area contributed by atoms with Gasteiger partial charge in [-0.05, 0) is 18.6 Å². The Balaban J connectivity index is 1.79. The number of carboxylic acids is 1. The van der Waals surface area contributed by atoms with Crippen LogP contribution in [0.25, 0.3) is 0 Å². The van der Waals surface area contributed by atoms with Crippen LogP contribution in [0.3, 0.4) is 0 Å². The lowest BCUT2D eigenvalue weighted by atomic mass is 10.1. The van der Waals surface area contributed by atoms with Gasteiger partial charge in [0.05, 0.1) is 6.10 Å². The Morgan fingerprint density at radius 1 is 1.30 bits per heavy atom. The van der Waals surface area contributed by atoms with Crippen molar-refractivity contribution >= 4 is 17.8 Å². The van der Waals surface area contributed by atoms with Crippen LogP contribution in [0.1, 0.15) is 29.3 Å². The molecule has 0 aliphatic carbocycles. The first-order valence-electron chi connectivity index (χ1n) is 7.50. The molecule has 0 radical (unpaired) electrons. The third-order valence-electron chi connectivity index (χ3n) is 4.52. The van der Waals surface area contributed by atoms with Crippen molar-refractivity contribution in [3.63, 3.8) is 0 Å². The van der Waals surface area contributed by atoms with Crippen LogP contribution in [0, 0.1) is 0 Å². The lowest BCUT2D eigenvalue weighted by Crippen LogP contribution is -2.50. The summed E-state index contributed by atoms with van der Waals surface area (Å²) >= 11 is 0. The minimum atomic E-state index is -1.14. The van der Waals surface area contributed by atoms with E-state index in [0.29, 0.717) is 12.1 Å². The molecule has 23 heavy (non-hydrogen) atoms. The number of aliphatic hydroxyl groups excluding tert-OH is 1. The average molecular weight is 318 g/mol. The van der Waals surface area contributed by atoms with E-state index >= 15 is 0 Å². The van der Waals surface area contributed by atoms with Crippen LogP contribution in [0.5, 0.6) is 0 Å². The monoisotopic (exact) mass is 318 g/mol. The van der Waals surface area contributed by atoms with Crippen molar-refractivity contribution in [1.29, 1.82) is 0 Å². The molecule has 1 fully saturated rings. The summed E-state index contributed by atoms with van der Waals surface area (Å²) in [6.07, 6.45) is -0.833. The number of aliphatic hydroxyl groups is 1. The summed E-state index contributed by atoms with van der Waals surface area (Å²) in [7, 11) is 0. The minimum absolute atomic E-state index is 0.0158. The van der Waals surface area contributed by atoms with Gasteiger partial charge in [0.2, 0.25) is 5.91 Å². The van der Waals surface area contributed by atoms with Crippen molar-refractivity contribution in [2.45, 2.75) is 38.1 Å². The molecule has 1 aromatic rings.